The van der Waals surface area contributed by atoms with Crippen LogP contribution < -0.4 is 0 Å². The molecule has 0 unspecified atom stereocenters. The molecule has 5 nitrogen and oxygen atoms in total. The van der Waals surface area contributed by atoms with Crippen molar-refractivity contribution in [3.05, 3.63) is 11.6 Å². The van der Waals surface area contributed by atoms with Crippen molar-refractivity contribution in [3.8, 4) is 0 Å². The number of hydrogen-bond acceptors (Lipinski definition) is 5. The van der Waals surface area contributed by atoms with Gasteiger partial charge in [-0.15, -0.1) is 0 Å². The summed E-state index contributed by atoms with van der Waals surface area (Å²) in [6.45, 7) is 2.28. The van der Waals surface area contributed by atoms with E-state index in [9.17, 15) is 9.59 Å². The van der Waals surface area contributed by atoms with Gasteiger partial charge in [-0.2, -0.15) is 0 Å². The van der Waals surface area contributed by atoms with E-state index in [4.69, 9.17) is 14.2 Å². The van der Waals surface area contributed by atoms with Crippen LogP contribution in [0.15, 0.2) is 11.6 Å². The summed E-state index contributed by atoms with van der Waals surface area (Å²) in [4.78, 5) is 24.6. The van der Waals surface area contributed by atoms with Gasteiger partial charge in [0.15, 0.2) is 12.1 Å². The first-order valence-corrected chi connectivity index (χ1v) is 10.4. The molecule has 0 aromatic carbocycles. The molecule has 7 atom stereocenters. The lowest BCUT2D eigenvalue weighted by molar-refractivity contribution is -0.210. The van der Waals surface area contributed by atoms with Gasteiger partial charge in [-0.05, 0) is 62.4 Å². The largest absolute Gasteiger partial charge is 0.469 e. The lowest BCUT2D eigenvalue weighted by Crippen LogP contribution is -2.59. The zero-order valence-corrected chi connectivity index (χ0v) is 16.6. The highest BCUT2D eigenvalue weighted by atomic mass is 16.7. The predicted octanol–water partition coefficient (Wildman–Crippen LogP) is 3.41. The fraction of sp³-hybridized carbons (Fsp3) is 0.818. The van der Waals surface area contributed by atoms with Crippen molar-refractivity contribution < 1.29 is 23.8 Å². The van der Waals surface area contributed by atoms with E-state index in [1.807, 2.05) is 6.08 Å². The lowest BCUT2D eigenvalue weighted by Gasteiger charge is -2.58. The van der Waals surface area contributed by atoms with Gasteiger partial charge in [0.05, 0.1) is 18.6 Å². The molecule has 4 aliphatic carbocycles. The fourth-order valence-electron chi connectivity index (χ4n) is 8.04. The number of methoxy groups -OCH3 is 2. The van der Waals surface area contributed by atoms with Crippen LogP contribution in [0.1, 0.15) is 58.3 Å². The van der Waals surface area contributed by atoms with Crippen molar-refractivity contribution >= 4 is 11.8 Å². The third kappa shape index (κ3) is 1.97. The standard InChI is InChI=1S/C22H30O5/c1-20-9-8-17-21-10-7-14(23)12-13(21)6-11-22(17,27-19(21)26-3)16(20)5-4-15(20)18(24)25-2/h12,15-17,19H,4-11H2,1-3H3/t15-,16-,17-,19+,20+,21-,22-/m0/s1. The Labute approximate surface area is 160 Å². The summed E-state index contributed by atoms with van der Waals surface area (Å²) in [5.74, 6) is 0.887. The number of fused-ring (bicyclic) bond motifs is 1. The first kappa shape index (κ1) is 17.9. The van der Waals surface area contributed by atoms with Gasteiger partial charge in [0.1, 0.15) is 0 Å². The summed E-state index contributed by atoms with van der Waals surface area (Å²) in [6.07, 6.45) is 8.85. The molecule has 1 spiro atoms. The molecule has 5 heteroatoms. The van der Waals surface area contributed by atoms with Gasteiger partial charge in [0.2, 0.25) is 0 Å². The van der Waals surface area contributed by atoms with E-state index in [0.29, 0.717) is 18.3 Å². The zero-order chi connectivity index (χ0) is 19.0. The van der Waals surface area contributed by atoms with Crippen molar-refractivity contribution in [2.45, 2.75) is 70.2 Å². The smallest absolute Gasteiger partial charge is 0.309 e. The minimum atomic E-state index is -0.274. The fourth-order valence-corrected chi connectivity index (χ4v) is 8.04. The summed E-state index contributed by atoms with van der Waals surface area (Å²) in [5, 5.41) is 0. The molecule has 1 saturated heterocycles. The van der Waals surface area contributed by atoms with E-state index in [0.717, 1.165) is 44.9 Å². The molecule has 27 heavy (non-hydrogen) atoms. The molecule has 1 heterocycles. The number of carbonyl (C=O) groups is 2. The van der Waals surface area contributed by atoms with Crippen LogP contribution in [0.3, 0.4) is 0 Å². The highest BCUT2D eigenvalue weighted by Crippen LogP contribution is 2.74. The number of ether oxygens (including phenoxy) is 3. The molecule has 0 aromatic rings. The lowest BCUT2D eigenvalue weighted by atomic mass is 9.46. The Hall–Kier alpha value is -1.20. The minimum Gasteiger partial charge on any atom is -0.469 e. The average molecular weight is 374 g/mol. The highest BCUT2D eigenvalue weighted by Gasteiger charge is 2.75. The van der Waals surface area contributed by atoms with Crippen LogP contribution in [0, 0.1) is 28.6 Å². The summed E-state index contributed by atoms with van der Waals surface area (Å²) in [5.41, 5.74) is 0.814. The van der Waals surface area contributed by atoms with Gasteiger partial charge in [-0.1, -0.05) is 12.5 Å². The second-order valence-electron chi connectivity index (χ2n) is 9.62. The maximum absolute atomic E-state index is 12.5. The Balaban J connectivity index is 1.60. The quantitative estimate of drug-likeness (QED) is 0.693. The van der Waals surface area contributed by atoms with Crippen LogP contribution >= 0.6 is 0 Å². The molecule has 0 radical (unpaired) electrons. The third-order valence-electron chi connectivity index (χ3n) is 9.06. The molecule has 3 saturated carbocycles. The van der Waals surface area contributed by atoms with Crippen LogP contribution in [-0.2, 0) is 23.8 Å². The highest BCUT2D eigenvalue weighted by molar-refractivity contribution is 5.91. The Bertz CT molecular complexity index is 728. The van der Waals surface area contributed by atoms with Gasteiger partial charge >= 0.3 is 5.97 Å². The second kappa shape index (κ2) is 5.66. The van der Waals surface area contributed by atoms with E-state index in [1.165, 1.54) is 12.7 Å². The second-order valence-corrected chi connectivity index (χ2v) is 9.62. The van der Waals surface area contributed by atoms with Crippen molar-refractivity contribution in [3.63, 3.8) is 0 Å². The molecule has 0 amide bonds. The first-order chi connectivity index (χ1) is 12.9. The third-order valence-corrected chi connectivity index (χ3v) is 9.06. The van der Waals surface area contributed by atoms with Crippen LogP contribution in [-0.4, -0.2) is 37.9 Å². The van der Waals surface area contributed by atoms with Crippen LogP contribution in [0.4, 0.5) is 0 Å². The number of hydrogen-bond donors (Lipinski definition) is 0. The van der Waals surface area contributed by atoms with Crippen molar-refractivity contribution in [2.75, 3.05) is 14.2 Å². The van der Waals surface area contributed by atoms with Gasteiger partial charge in [0.25, 0.3) is 0 Å². The summed E-state index contributed by atoms with van der Waals surface area (Å²) < 4.78 is 17.9. The Morgan fingerprint density at radius 3 is 2.67 bits per heavy atom. The molecular formula is C22H30O5. The maximum atomic E-state index is 12.5. The Morgan fingerprint density at radius 2 is 1.93 bits per heavy atom. The zero-order valence-electron chi connectivity index (χ0n) is 16.6. The van der Waals surface area contributed by atoms with E-state index in [1.54, 1.807) is 7.11 Å². The van der Waals surface area contributed by atoms with Gasteiger partial charge in [-0.3, -0.25) is 9.59 Å². The topological polar surface area (TPSA) is 61.8 Å². The van der Waals surface area contributed by atoms with Crippen LogP contribution in [0.2, 0.25) is 0 Å². The van der Waals surface area contributed by atoms with Gasteiger partial charge < -0.3 is 14.2 Å². The Kier molecular flexibility index (Phi) is 3.75. The van der Waals surface area contributed by atoms with E-state index in [-0.39, 0.29) is 40.4 Å². The average Bonchev–Trinajstić information content (AvgIpc) is 3.11. The molecule has 0 N–H and O–H groups in total. The Morgan fingerprint density at radius 1 is 1.11 bits per heavy atom. The maximum Gasteiger partial charge on any atom is 0.309 e. The monoisotopic (exact) mass is 374 g/mol. The number of carbonyl (C=O) groups excluding carboxylic acids is 2. The number of esters is 1. The van der Waals surface area contributed by atoms with Crippen molar-refractivity contribution in [1.82, 2.24) is 0 Å². The van der Waals surface area contributed by atoms with Gasteiger partial charge in [0, 0.05) is 24.9 Å². The predicted molar refractivity (Wildman–Crippen MR) is 97.7 cm³/mol. The van der Waals surface area contributed by atoms with Crippen LogP contribution in [0.25, 0.3) is 0 Å². The van der Waals surface area contributed by atoms with Crippen molar-refractivity contribution in [2.24, 2.45) is 28.6 Å². The normalized spacial score (nSPS) is 50.5. The summed E-state index contributed by atoms with van der Waals surface area (Å²) in [7, 11) is 3.24. The SMILES string of the molecule is COC(=O)[C@@H]1CC[C@H]2[C@]1(C)CC[C@@H]1[C@]23CCC2=CC(=O)CC[C@]21[C@H](OC)O3. The van der Waals surface area contributed by atoms with E-state index in [2.05, 4.69) is 6.92 Å². The molecule has 5 rings (SSSR count). The number of ketones is 1. The van der Waals surface area contributed by atoms with Crippen LogP contribution in [0.5, 0.6) is 0 Å². The van der Waals surface area contributed by atoms with Crippen molar-refractivity contribution in [1.29, 1.82) is 0 Å². The molecule has 5 aliphatic rings. The van der Waals surface area contributed by atoms with E-state index >= 15 is 0 Å². The molecule has 0 aromatic heterocycles. The first-order valence-electron chi connectivity index (χ1n) is 10.4. The number of rotatable bonds is 2. The minimum absolute atomic E-state index is 0.0335. The summed E-state index contributed by atoms with van der Waals surface area (Å²) in [6, 6.07) is 0. The summed E-state index contributed by atoms with van der Waals surface area (Å²) >= 11 is 0. The molecule has 1 aliphatic heterocycles. The molecule has 148 valence electrons. The molecular weight excluding hydrogens is 344 g/mol. The van der Waals surface area contributed by atoms with E-state index < -0.39 is 0 Å². The van der Waals surface area contributed by atoms with Gasteiger partial charge in [-0.25, -0.2) is 0 Å². The molecule has 2 bridgehead atoms. The molecule has 4 fully saturated rings.